The first-order chi connectivity index (χ1) is 31.7. The van der Waals surface area contributed by atoms with Crippen molar-refractivity contribution in [2.24, 2.45) is 0 Å². The molecule has 296 valence electrons. The number of fused-ring (bicyclic) bond motifs is 2. The van der Waals surface area contributed by atoms with Crippen molar-refractivity contribution in [2.75, 3.05) is 0 Å². The molecule has 0 atom stereocenters. The maximum atomic E-state index is 5.11. The Morgan fingerprint density at radius 1 is 0.250 bits per heavy atom. The minimum absolute atomic E-state index is 0.695. The Morgan fingerprint density at radius 2 is 0.734 bits per heavy atom. The summed E-state index contributed by atoms with van der Waals surface area (Å²) < 4.78 is 0. The summed E-state index contributed by atoms with van der Waals surface area (Å²) in [7, 11) is 0. The summed E-state index contributed by atoms with van der Waals surface area (Å²) in [5.41, 5.74) is 11.7. The Kier molecular flexibility index (Phi) is 8.22. The molecule has 3 nitrogen and oxygen atoms in total. The molecule has 13 aromatic rings. The average Bonchev–Trinajstić information content (AvgIpc) is 3.37. The summed E-state index contributed by atoms with van der Waals surface area (Å²) in [6, 6.07) is 76.9. The van der Waals surface area contributed by atoms with E-state index in [0.29, 0.717) is 5.82 Å². The number of hydrogen-bond donors (Lipinski definition) is 0. The third-order valence-electron chi connectivity index (χ3n) is 13.1. The van der Waals surface area contributed by atoms with Crippen LogP contribution in [0.15, 0.2) is 225 Å². The van der Waals surface area contributed by atoms with Crippen molar-refractivity contribution in [3.05, 3.63) is 225 Å². The highest BCUT2D eigenvalue weighted by atomic mass is 14.9. The summed E-state index contributed by atoms with van der Waals surface area (Å²) in [6.07, 6.45) is 3.70. The van der Waals surface area contributed by atoms with E-state index in [1.165, 1.54) is 75.8 Å². The lowest BCUT2D eigenvalue weighted by molar-refractivity contribution is 1.18. The van der Waals surface area contributed by atoms with Gasteiger partial charge in [-0.3, -0.25) is 4.98 Å². The second-order valence-electron chi connectivity index (χ2n) is 16.8. The van der Waals surface area contributed by atoms with Crippen LogP contribution in [0.2, 0.25) is 0 Å². The van der Waals surface area contributed by atoms with E-state index in [-0.39, 0.29) is 0 Å². The maximum absolute atomic E-state index is 5.11. The fourth-order valence-corrected chi connectivity index (χ4v) is 9.99. The monoisotopic (exact) mass is 811 g/mol. The molecule has 0 spiro atoms. The Hall–Kier alpha value is -8.53. The first kappa shape index (κ1) is 36.2. The van der Waals surface area contributed by atoms with Gasteiger partial charge in [-0.2, -0.15) is 0 Å². The molecule has 0 N–H and O–H groups in total. The molecule has 13 rings (SSSR count). The number of hydrogen-bond acceptors (Lipinski definition) is 3. The Morgan fingerprint density at radius 3 is 1.34 bits per heavy atom. The molecule has 64 heavy (non-hydrogen) atoms. The van der Waals surface area contributed by atoms with Crippen LogP contribution in [0.1, 0.15) is 0 Å². The first-order valence-corrected chi connectivity index (χ1v) is 21.8. The van der Waals surface area contributed by atoms with Gasteiger partial charge in [0.15, 0.2) is 5.82 Å². The molecule has 0 radical (unpaired) electrons. The van der Waals surface area contributed by atoms with Crippen LogP contribution in [0.3, 0.4) is 0 Å². The second-order valence-corrected chi connectivity index (χ2v) is 16.8. The molecule has 0 aliphatic carbocycles. The highest BCUT2D eigenvalue weighted by Gasteiger charge is 2.17. The van der Waals surface area contributed by atoms with Gasteiger partial charge in [-0.25, -0.2) is 9.97 Å². The third kappa shape index (κ3) is 5.94. The predicted molar refractivity (Wildman–Crippen MR) is 269 cm³/mol. The van der Waals surface area contributed by atoms with Crippen LogP contribution in [-0.4, -0.2) is 15.0 Å². The molecule has 0 saturated heterocycles. The smallest absolute Gasteiger partial charge is 0.160 e. The van der Waals surface area contributed by atoms with Crippen LogP contribution in [0.5, 0.6) is 0 Å². The number of pyridine rings is 1. The lowest BCUT2D eigenvalue weighted by Crippen LogP contribution is -1.96. The van der Waals surface area contributed by atoms with Crippen LogP contribution in [-0.2, 0) is 0 Å². The van der Waals surface area contributed by atoms with Gasteiger partial charge < -0.3 is 0 Å². The van der Waals surface area contributed by atoms with Gasteiger partial charge in [0.2, 0.25) is 0 Å². The molecule has 0 aliphatic rings. The highest BCUT2D eigenvalue weighted by molar-refractivity contribution is 6.37. The largest absolute Gasteiger partial charge is 0.264 e. The normalized spacial score (nSPS) is 11.8. The van der Waals surface area contributed by atoms with E-state index in [0.717, 1.165) is 50.3 Å². The van der Waals surface area contributed by atoms with Crippen LogP contribution < -0.4 is 0 Å². The van der Waals surface area contributed by atoms with Crippen LogP contribution in [0.25, 0.3) is 132 Å². The van der Waals surface area contributed by atoms with E-state index in [9.17, 15) is 0 Å². The first-order valence-electron chi connectivity index (χ1n) is 21.8. The average molecular weight is 812 g/mol. The zero-order valence-corrected chi connectivity index (χ0v) is 34.7. The molecule has 11 aromatic carbocycles. The van der Waals surface area contributed by atoms with Crippen molar-refractivity contribution in [3.8, 4) is 67.3 Å². The Bertz CT molecular complexity index is 3910. The number of nitrogens with zero attached hydrogens (tertiary/aromatic N) is 3. The number of rotatable bonds is 6. The molecule has 0 amide bonds. The minimum atomic E-state index is 0.695. The summed E-state index contributed by atoms with van der Waals surface area (Å²) in [5.74, 6) is 0.695. The fraction of sp³-hybridized carbons (Fsp3) is 0. The van der Waals surface area contributed by atoms with Gasteiger partial charge in [0.1, 0.15) is 0 Å². The van der Waals surface area contributed by atoms with E-state index in [4.69, 9.17) is 9.97 Å². The molecule has 0 aliphatic heterocycles. The lowest BCUT2D eigenvalue weighted by atomic mass is 9.86. The number of aromatic nitrogens is 3. The van der Waals surface area contributed by atoms with Gasteiger partial charge in [0, 0.05) is 34.6 Å². The molecule has 0 saturated carbocycles. The minimum Gasteiger partial charge on any atom is -0.264 e. The summed E-state index contributed by atoms with van der Waals surface area (Å²) in [6.45, 7) is 0. The topological polar surface area (TPSA) is 38.7 Å². The van der Waals surface area contributed by atoms with Crippen LogP contribution in [0.4, 0.5) is 0 Å². The van der Waals surface area contributed by atoms with E-state index in [1.54, 1.807) is 6.20 Å². The quantitative estimate of drug-likeness (QED) is 0.157. The van der Waals surface area contributed by atoms with Crippen LogP contribution in [0, 0.1) is 0 Å². The maximum Gasteiger partial charge on any atom is 0.160 e. The zero-order valence-electron chi connectivity index (χ0n) is 34.7. The molecule has 0 bridgehead atoms. The second kappa shape index (κ2) is 14.5. The van der Waals surface area contributed by atoms with E-state index >= 15 is 0 Å². The van der Waals surface area contributed by atoms with Gasteiger partial charge >= 0.3 is 0 Å². The van der Waals surface area contributed by atoms with Crippen molar-refractivity contribution < 1.29 is 0 Å². The highest BCUT2D eigenvalue weighted by Crippen LogP contribution is 2.44. The molecule has 2 aromatic heterocycles. The molecular formula is C61H37N3. The molecule has 0 unspecified atom stereocenters. The summed E-state index contributed by atoms with van der Waals surface area (Å²) in [4.78, 5) is 14.5. The van der Waals surface area contributed by atoms with Gasteiger partial charge in [0.25, 0.3) is 0 Å². The van der Waals surface area contributed by atoms with Gasteiger partial charge in [-0.05, 0) is 123 Å². The van der Waals surface area contributed by atoms with Crippen LogP contribution >= 0.6 is 0 Å². The van der Waals surface area contributed by atoms with Gasteiger partial charge in [-0.15, -0.1) is 0 Å². The SMILES string of the molecule is c1ccc(-c2nc(-c3ccc(-c4ccc(-c5cc6ccc7cccc8c9cccc%10ccc%11cccc(c(c5)c6c78)c%11c%109)cc4)cc3)cc(-c3cccc(-c4cccnc4)c3)n2)cc1. The van der Waals surface area contributed by atoms with Crippen molar-refractivity contribution >= 4 is 64.6 Å². The lowest BCUT2D eigenvalue weighted by Gasteiger charge is -2.17. The Labute approximate surface area is 370 Å². The number of benzene rings is 10. The van der Waals surface area contributed by atoms with E-state index < -0.39 is 0 Å². The van der Waals surface area contributed by atoms with Crippen molar-refractivity contribution in [1.82, 2.24) is 15.0 Å². The van der Waals surface area contributed by atoms with Crippen molar-refractivity contribution in [3.63, 3.8) is 0 Å². The molecule has 0 fully saturated rings. The summed E-state index contributed by atoms with van der Waals surface area (Å²) >= 11 is 0. The van der Waals surface area contributed by atoms with Gasteiger partial charge in [0.05, 0.1) is 11.4 Å². The molecule has 3 heteroatoms. The molecule has 2 heterocycles. The zero-order chi connectivity index (χ0) is 42.1. The third-order valence-corrected chi connectivity index (χ3v) is 13.1. The summed E-state index contributed by atoms with van der Waals surface area (Å²) in [5, 5.41) is 15.5. The Balaban J connectivity index is 0.894. The standard InChI is InChI=1S/C61H37N3/c1-2-9-45(10-3-1)61-63-55(36-56(64-61)47-15-4-14-46(33-47)49-16-8-32-62-37-49)41-26-24-39(25-27-41)38-20-22-40(23-21-38)50-34-48-31-30-44-12-6-18-52-51-17-5-11-42-28-29-43-13-7-19-53(59(43)57(42)51)54(35-50)60(48)58(44)52/h1-37H. The molecular weight excluding hydrogens is 775 g/mol. The van der Waals surface area contributed by atoms with Crippen molar-refractivity contribution in [2.45, 2.75) is 0 Å². The van der Waals surface area contributed by atoms with Crippen molar-refractivity contribution in [1.29, 1.82) is 0 Å². The predicted octanol–water partition coefficient (Wildman–Crippen LogP) is 16.2. The fourth-order valence-electron chi connectivity index (χ4n) is 9.99. The van der Waals surface area contributed by atoms with E-state index in [2.05, 4.69) is 193 Å². The van der Waals surface area contributed by atoms with Gasteiger partial charge in [-0.1, -0.05) is 182 Å². The van der Waals surface area contributed by atoms with E-state index in [1.807, 2.05) is 30.5 Å².